The maximum atomic E-state index is 12.6. The van der Waals surface area contributed by atoms with E-state index in [2.05, 4.69) is 52.9 Å². The molecule has 0 bridgehead atoms. The van der Waals surface area contributed by atoms with Gasteiger partial charge in [0.25, 0.3) is 0 Å². The highest BCUT2D eigenvalue weighted by molar-refractivity contribution is 14.0. The second-order valence-corrected chi connectivity index (χ2v) is 8.46. The number of likely N-dealkylation sites (tertiary alicyclic amines) is 1. The summed E-state index contributed by atoms with van der Waals surface area (Å²) in [5.74, 6) is 1.47. The second-order valence-electron chi connectivity index (χ2n) is 8.46. The van der Waals surface area contributed by atoms with Gasteiger partial charge in [-0.15, -0.1) is 24.0 Å². The van der Waals surface area contributed by atoms with E-state index in [1.807, 2.05) is 11.8 Å². The third-order valence-corrected chi connectivity index (χ3v) is 5.98. The third kappa shape index (κ3) is 7.72. The molecule has 2 aliphatic rings. The second kappa shape index (κ2) is 12.5. The average molecular weight is 528 g/mol. The van der Waals surface area contributed by atoms with Crippen molar-refractivity contribution >= 4 is 35.8 Å². The summed E-state index contributed by atoms with van der Waals surface area (Å²) in [4.78, 5) is 19.1. The first kappa shape index (κ1) is 24.9. The molecule has 1 amide bonds. The fraction of sp³-hybridized carbons (Fsp3) is 0.652. The van der Waals surface area contributed by atoms with Gasteiger partial charge in [-0.3, -0.25) is 4.79 Å². The van der Waals surface area contributed by atoms with Crippen LogP contribution in [-0.2, 0) is 16.0 Å². The Bertz CT molecular complexity index is 669. The molecule has 30 heavy (non-hydrogen) atoms. The van der Waals surface area contributed by atoms with Crippen LogP contribution in [0, 0.1) is 5.92 Å². The van der Waals surface area contributed by atoms with Crippen LogP contribution in [0.2, 0.25) is 0 Å². The van der Waals surface area contributed by atoms with Crippen molar-refractivity contribution < 1.29 is 9.53 Å². The Hall–Kier alpha value is -1.35. The van der Waals surface area contributed by atoms with Crippen molar-refractivity contribution in [2.75, 3.05) is 39.3 Å². The molecule has 1 aromatic rings. The summed E-state index contributed by atoms with van der Waals surface area (Å²) >= 11 is 0. The highest BCUT2D eigenvalue weighted by Crippen LogP contribution is 2.24. The summed E-state index contributed by atoms with van der Waals surface area (Å²) in [5.41, 5.74) is 1.25. The molecule has 3 rings (SSSR count). The summed E-state index contributed by atoms with van der Waals surface area (Å²) in [5, 5.41) is 6.57. The van der Waals surface area contributed by atoms with E-state index in [0.29, 0.717) is 18.4 Å². The fourth-order valence-electron chi connectivity index (χ4n) is 4.17. The van der Waals surface area contributed by atoms with Crippen molar-refractivity contribution in [1.82, 2.24) is 15.5 Å². The van der Waals surface area contributed by atoms with Gasteiger partial charge in [0.2, 0.25) is 5.91 Å². The normalized spacial score (nSPS) is 22.5. The van der Waals surface area contributed by atoms with Crippen molar-refractivity contribution in [2.24, 2.45) is 10.9 Å². The van der Waals surface area contributed by atoms with Gasteiger partial charge in [0.1, 0.15) is 6.54 Å². The summed E-state index contributed by atoms with van der Waals surface area (Å²) in [7, 11) is 0. The molecule has 0 saturated carbocycles. The van der Waals surface area contributed by atoms with Crippen LogP contribution in [0.15, 0.2) is 35.3 Å². The smallest absolute Gasteiger partial charge is 0.244 e. The van der Waals surface area contributed by atoms with E-state index in [0.717, 1.165) is 58.3 Å². The number of hydrogen-bond donors (Lipinski definition) is 2. The zero-order chi connectivity index (χ0) is 20.5. The monoisotopic (exact) mass is 528 g/mol. The standard InChI is InChI=1S/C23H36N4O2.HI/c1-3-24-22(26-18-23(2)12-7-15-29-23)25-17-21(28)27-13-10-20(11-14-27)16-19-8-5-4-6-9-19;/h4-6,8-9,20H,3,7,10-18H2,1-2H3,(H2,24,25,26);1H. The number of guanidine groups is 1. The van der Waals surface area contributed by atoms with Crippen LogP contribution in [0.1, 0.15) is 45.1 Å². The molecule has 0 radical (unpaired) electrons. The minimum Gasteiger partial charge on any atom is -0.373 e. The van der Waals surface area contributed by atoms with Gasteiger partial charge in [-0.1, -0.05) is 30.3 Å². The number of carbonyl (C=O) groups is 1. The van der Waals surface area contributed by atoms with E-state index in [1.54, 1.807) is 0 Å². The lowest BCUT2D eigenvalue weighted by Gasteiger charge is -2.32. The largest absolute Gasteiger partial charge is 0.373 e. The van der Waals surface area contributed by atoms with Crippen molar-refractivity contribution in [1.29, 1.82) is 0 Å². The molecule has 0 aliphatic carbocycles. The first-order chi connectivity index (χ1) is 14.1. The molecule has 168 valence electrons. The van der Waals surface area contributed by atoms with Crippen LogP contribution in [-0.4, -0.2) is 61.7 Å². The molecule has 1 atom stereocenters. The number of ether oxygens (including phenoxy) is 1. The van der Waals surface area contributed by atoms with Crippen LogP contribution in [0.25, 0.3) is 0 Å². The Morgan fingerprint density at radius 3 is 2.60 bits per heavy atom. The molecule has 2 N–H and O–H groups in total. The van der Waals surface area contributed by atoms with E-state index >= 15 is 0 Å². The van der Waals surface area contributed by atoms with Crippen LogP contribution >= 0.6 is 24.0 Å². The molecule has 2 aliphatic heterocycles. The predicted octanol–water partition coefficient (Wildman–Crippen LogP) is 3.21. The summed E-state index contributed by atoms with van der Waals surface area (Å²) in [6.07, 6.45) is 5.40. The Morgan fingerprint density at radius 1 is 1.23 bits per heavy atom. The zero-order valence-corrected chi connectivity index (χ0v) is 20.7. The highest BCUT2D eigenvalue weighted by atomic mass is 127. The number of hydrogen-bond acceptors (Lipinski definition) is 3. The molecule has 7 heteroatoms. The van der Waals surface area contributed by atoms with Gasteiger partial charge in [0.05, 0.1) is 5.60 Å². The number of rotatable bonds is 7. The van der Waals surface area contributed by atoms with E-state index in [4.69, 9.17) is 4.74 Å². The molecule has 0 aromatic heterocycles. The summed E-state index contributed by atoms with van der Waals surface area (Å²) in [6, 6.07) is 10.6. The first-order valence-corrected chi connectivity index (χ1v) is 11.1. The molecule has 2 heterocycles. The number of benzene rings is 1. The number of nitrogens with zero attached hydrogens (tertiary/aromatic N) is 2. The summed E-state index contributed by atoms with van der Waals surface area (Å²) < 4.78 is 5.82. The molecule has 0 spiro atoms. The molecule has 1 unspecified atom stereocenters. The number of halogens is 1. The molecular weight excluding hydrogens is 491 g/mol. The molecule has 2 saturated heterocycles. The number of amides is 1. The number of piperidine rings is 1. The number of aliphatic imine (C=N–C) groups is 1. The molecule has 2 fully saturated rings. The average Bonchev–Trinajstić information content (AvgIpc) is 3.18. The third-order valence-electron chi connectivity index (χ3n) is 5.98. The topological polar surface area (TPSA) is 66.0 Å². The van der Waals surface area contributed by atoms with Gasteiger partial charge >= 0.3 is 0 Å². The molecular formula is C23H37IN4O2. The predicted molar refractivity (Wildman–Crippen MR) is 132 cm³/mol. The minimum atomic E-state index is -0.138. The Labute approximate surface area is 198 Å². The van der Waals surface area contributed by atoms with Crippen molar-refractivity contribution in [3.8, 4) is 0 Å². The Morgan fingerprint density at radius 2 is 1.97 bits per heavy atom. The van der Waals surface area contributed by atoms with E-state index in [-0.39, 0.29) is 42.0 Å². The van der Waals surface area contributed by atoms with Crippen molar-refractivity contribution in [3.63, 3.8) is 0 Å². The van der Waals surface area contributed by atoms with E-state index < -0.39 is 0 Å². The summed E-state index contributed by atoms with van der Waals surface area (Å²) in [6.45, 7) is 8.32. The van der Waals surface area contributed by atoms with Gasteiger partial charge in [-0.2, -0.15) is 0 Å². The lowest BCUT2D eigenvalue weighted by atomic mass is 9.90. The van der Waals surface area contributed by atoms with Gasteiger partial charge < -0.3 is 20.3 Å². The maximum Gasteiger partial charge on any atom is 0.244 e. The van der Waals surface area contributed by atoms with Crippen LogP contribution in [0.4, 0.5) is 0 Å². The first-order valence-electron chi connectivity index (χ1n) is 11.1. The molecule has 6 nitrogen and oxygen atoms in total. The maximum absolute atomic E-state index is 12.6. The van der Waals surface area contributed by atoms with Crippen molar-refractivity contribution in [2.45, 2.75) is 51.6 Å². The van der Waals surface area contributed by atoms with Gasteiger partial charge in [0.15, 0.2) is 5.96 Å². The lowest BCUT2D eigenvalue weighted by Crippen LogP contribution is -2.46. The van der Waals surface area contributed by atoms with Crippen molar-refractivity contribution in [3.05, 3.63) is 35.9 Å². The Kier molecular flexibility index (Phi) is 10.4. The van der Waals surface area contributed by atoms with Gasteiger partial charge in [0, 0.05) is 32.8 Å². The van der Waals surface area contributed by atoms with Crippen LogP contribution in [0.5, 0.6) is 0 Å². The van der Waals surface area contributed by atoms with E-state index in [9.17, 15) is 4.79 Å². The van der Waals surface area contributed by atoms with Crippen LogP contribution in [0.3, 0.4) is 0 Å². The molecule has 1 aromatic carbocycles. The van der Waals surface area contributed by atoms with Crippen LogP contribution < -0.4 is 10.6 Å². The minimum absolute atomic E-state index is 0. The quantitative estimate of drug-likeness (QED) is 0.324. The lowest BCUT2D eigenvalue weighted by molar-refractivity contribution is -0.130. The van der Waals surface area contributed by atoms with E-state index in [1.165, 1.54) is 5.56 Å². The van der Waals surface area contributed by atoms with Gasteiger partial charge in [-0.05, 0) is 57.4 Å². The SMILES string of the molecule is CCNC(=NCC(=O)N1CCC(Cc2ccccc2)CC1)NCC1(C)CCCO1.I. The Balaban J connectivity index is 0.00000320. The number of carbonyl (C=O) groups excluding carboxylic acids is 1. The zero-order valence-electron chi connectivity index (χ0n) is 18.4. The number of nitrogens with one attached hydrogen (secondary N) is 2. The van der Waals surface area contributed by atoms with Gasteiger partial charge in [-0.25, -0.2) is 4.99 Å². The highest BCUT2D eigenvalue weighted by Gasteiger charge is 2.29. The fourth-order valence-corrected chi connectivity index (χ4v) is 4.17.